The van der Waals surface area contributed by atoms with Crippen LogP contribution in [0.2, 0.25) is 5.02 Å². The zero-order valence-corrected chi connectivity index (χ0v) is 13.2. The maximum Gasteiger partial charge on any atom is 0.420 e. The summed E-state index contributed by atoms with van der Waals surface area (Å²) in [5.74, 6) is 0.394. The van der Waals surface area contributed by atoms with Gasteiger partial charge < -0.3 is 0 Å². The zero-order valence-electron chi connectivity index (χ0n) is 12.4. The minimum absolute atomic E-state index is 0.0944. The Labute approximate surface area is 121 Å². The molecule has 2 rings (SSSR count). The molecule has 0 unspecified atom stereocenters. The monoisotopic (exact) mass is 309 g/mol. The fourth-order valence-electron chi connectivity index (χ4n) is 1.63. The molecule has 0 saturated heterocycles. The second-order valence-corrected chi connectivity index (χ2v) is 3.79. The number of alkyl halides is 3. The van der Waals surface area contributed by atoms with Crippen LogP contribution in [-0.2, 0) is 6.18 Å². The van der Waals surface area contributed by atoms with Crippen LogP contribution in [0.15, 0.2) is 6.20 Å². The molecule has 0 amide bonds. The van der Waals surface area contributed by atoms with E-state index in [1.54, 1.807) is 6.92 Å². The van der Waals surface area contributed by atoms with Gasteiger partial charge in [0.1, 0.15) is 11.4 Å². The van der Waals surface area contributed by atoms with Crippen molar-refractivity contribution in [2.75, 3.05) is 0 Å². The van der Waals surface area contributed by atoms with Crippen LogP contribution >= 0.6 is 11.6 Å². The van der Waals surface area contributed by atoms with E-state index in [4.69, 9.17) is 11.6 Å². The lowest BCUT2D eigenvalue weighted by Gasteiger charge is -2.07. The number of aryl methyl sites for hydroxylation is 2. The number of hydrogen-bond donors (Lipinski definition) is 0. The summed E-state index contributed by atoms with van der Waals surface area (Å²) < 4.78 is 39.3. The van der Waals surface area contributed by atoms with Gasteiger partial charge in [-0.1, -0.05) is 39.3 Å². The van der Waals surface area contributed by atoms with Crippen molar-refractivity contribution in [3.63, 3.8) is 0 Å². The summed E-state index contributed by atoms with van der Waals surface area (Å²) >= 11 is 5.57. The highest BCUT2D eigenvalue weighted by molar-refractivity contribution is 6.32. The predicted octanol–water partition coefficient (Wildman–Crippen LogP) is 5.07. The average Bonchev–Trinajstić information content (AvgIpc) is 2.70. The fourth-order valence-corrected chi connectivity index (χ4v) is 1.92. The molecular weight excluding hydrogens is 291 g/mol. The number of aromatic nitrogens is 3. The summed E-state index contributed by atoms with van der Waals surface area (Å²) in [6.07, 6.45) is -3.36. The Morgan fingerprint density at radius 1 is 1.10 bits per heavy atom. The summed E-state index contributed by atoms with van der Waals surface area (Å²) in [7, 11) is 0. The van der Waals surface area contributed by atoms with Crippen LogP contribution < -0.4 is 0 Å². The maximum atomic E-state index is 12.7. The SMILES string of the molecule is CC.CC.Cc1nc(C)c2c(C(F)(F)F)c(Cl)cn2n1. The molecule has 2 heterocycles. The highest BCUT2D eigenvalue weighted by atomic mass is 35.5. The van der Waals surface area contributed by atoms with E-state index in [9.17, 15) is 13.2 Å². The Hall–Kier alpha value is -1.30. The van der Waals surface area contributed by atoms with Crippen LogP contribution in [0.1, 0.15) is 44.8 Å². The first-order chi connectivity index (χ1) is 9.30. The molecule has 2 aromatic heterocycles. The molecule has 0 aliphatic carbocycles. The van der Waals surface area contributed by atoms with Crippen LogP contribution in [-0.4, -0.2) is 14.6 Å². The van der Waals surface area contributed by atoms with Crippen molar-refractivity contribution < 1.29 is 13.2 Å². The molecule has 0 atom stereocenters. The summed E-state index contributed by atoms with van der Waals surface area (Å²) in [6.45, 7) is 11.1. The molecule has 0 fully saturated rings. The average molecular weight is 310 g/mol. The predicted molar refractivity (Wildman–Crippen MR) is 75.2 cm³/mol. The Morgan fingerprint density at radius 3 is 2.05 bits per heavy atom. The molecule has 0 bridgehead atoms. The topological polar surface area (TPSA) is 30.2 Å². The first-order valence-electron chi connectivity index (χ1n) is 6.40. The third-order valence-corrected chi connectivity index (χ3v) is 2.44. The lowest BCUT2D eigenvalue weighted by molar-refractivity contribution is -0.136. The normalized spacial score (nSPS) is 10.5. The van der Waals surface area contributed by atoms with Gasteiger partial charge in [0, 0.05) is 6.20 Å². The van der Waals surface area contributed by atoms with Gasteiger partial charge in [0.25, 0.3) is 0 Å². The molecule has 0 aliphatic heterocycles. The molecule has 0 radical (unpaired) electrons. The molecule has 20 heavy (non-hydrogen) atoms. The highest BCUT2D eigenvalue weighted by Crippen LogP contribution is 2.39. The largest absolute Gasteiger partial charge is 0.420 e. The molecule has 0 spiro atoms. The van der Waals surface area contributed by atoms with Gasteiger partial charge in [0.15, 0.2) is 0 Å². The number of fused-ring (bicyclic) bond motifs is 1. The lowest BCUT2D eigenvalue weighted by Crippen LogP contribution is -2.08. The minimum atomic E-state index is -4.50. The van der Waals surface area contributed by atoms with Gasteiger partial charge in [-0.2, -0.15) is 18.3 Å². The summed E-state index contributed by atoms with van der Waals surface area (Å²) in [4.78, 5) is 3.90. The van der Waals surface area contributed by atoms with Crippen molar-refractivity contribution in [3.8, 4) is 0 Å². The minimum Gasteiger partial charge on any atom is -0.235 e. The molecule has 7 heteroatoms. The van der Waals surface area contributed by atoms with E-state index >= 15 is 0 Å². The molecule has 0 N–H and O–H groups in total. The second-order valence-electron chi connectivity index (χ2n) is 3.39. The van der Waals surface area contributed by atoms with Crippen LogP contribution in [0.25, 0.3) is 5.52 Å². The number of halogens is 4. The quantitative estimate of drug-likeness (QED) is 0.680. The van der Waals surface area contributed by atoms with Crippen molar-refractivity contribution in [2.45, 2.75) is 47.7 Å². The van der Waals surface area contributed by atoms with Gasteiger partial charge in [-0.15, -0.1) is 0 Å². The van der Waals surface area contributed by atoms with Gasteiger partial charge in [-0.25, -0.2) is 9.50 Å². The van der Waals surface area contributed by atoms with Gasteiger partial charge in [0.05, 0.1) is 16.2 Å². The number of hydrogen-bond acceptors (Lipinski definition) is 2. The van der Waals surface area contributed by atoms with Gasteiger partial charge in [-0.05, 0) is 13.8 Å². The van der Waals surface area contributed by atoms with Gasteiger partial charge >= 0.3 is 6.18 Å². The van der Waals surface area contributed by atoms with E-state index in [1.807, 2.05) is 27.7 Å². The Bertz CT molecular complexity index is 562. The molecular formula is C13H19ClF3N3. The molecule has 114 valence electrons. The Balaban J connectivity index is 0.000000829. The smallest absolute Gasteiger partial charge is 0.235 e. The molecule has 0 aliphatic rings. The zero-order chi connectivity index (χ0) is 16.1. The molecule has 0 saturated carbocycles. The van der Waals surface area contributed by atoms with Crippen molar-refractivity contribution in [1.29, 1.82) is 0 Å². The van der Waals surface area contributed by atoms with Crippen molar-refractivity contribution in [3.05, 3.63) is 28.3 Å². The first-order valence-corrected chi connectivity index (χ1v) is 6.78. The Kier molecular flexibility index (Phi) is 6.99. The third-order valence-electron chi connectivity index (χ3n) is 2.15. The third kappa shape index (κ3) is 3.85. The van der Waals surface area contributed by atoms with E-state index in [0.717, 1.165) is 10.7 Å². The summed E-state index contributed by atoms with van der Waals surface area (Å²) in [5.41, 5.74) is -0.721. The number of nitrogens with zero attached hydrogens (tertiary/aromatic N) is 3. The highest BCUT2D eigenvalue weighted by Gasteiger charge is 2.37. The maximum absolute atomic E-state index is 12.7. The standard InChI is InChI=1S/C9H7ClF3N3.2C2H6/c1-4-8-7(9(11,12)13)6(10)3-16(8)15-5(2)14-4;2*1-2/h3H,1-2H3;2*1-2H3. The van der Waals surface area contributed by atoms with Crippen molar-refractivity contribution >= 4 is 17.1 Å². The van der Waals surface area contributed by atoms with Crippen LogP contribution in [0.4, 0.5) is 13.2 Å². The van der Waals surface area contributed by atoms with Crippen molar-refractivity contribution in [1.82, 2.24) is 14.6 Å². The second kappa shape index (κ2) is 7.47. The van der Waals surface area contributed by atoms with Crippen molar-refractivity contribution in [2.24, 2.45) is 0 Å². The van der Waals surface area contributed by atoms with E-state index < -0.39 is 11.7 Å². The van der Waals surface area contributed by atoms with E-state index in [2.05, 4.69) is 10.1 Å². The van der Waals surface area contributed by atoms with E-state index in [-0.39, 0.29) is 16.2 Å². The summed E-state index contributed by atoms with van der Waals surface area (Å²) in [6, 6.07) is 0. The van der Waals surface area contributed by atoms with Crippen LogP contribution in [0, 0.1) is 13.8 Å². The fraction of sp³-hybridized carbons (Fsp3) is 0.538. The molecule has 2 aromatic rings. The lowest BCUT2D eigenvalue weighted by atomic mass is 10.2. The van der Waals surface area contributed by atoms with Crippen LogP contribution in [0.5, 0.6) is 0 Å². The molecule has 0 aromatic carbocycles. The first kappa shape index (κ1) is 18.7. The summed E-state index contributed by atoms with van der Waals surface area (Å²) in [5, 5.41) is 3.49. The van der Waals surface area contributed by atoms with E-state index in [0.29, 0.717) is 5.82 Å². The number of rotatable bonds is 0. The molecule has 3 nitrogen and oxygen atoms in total. The Morgan fingerprint density at radius 2 is 1.60 bits per heavy atom. The van der Waals surface area contributed by atoms with Crippen LogP contribution in [0.3, 0.4) is 0 Å². The van der Waals surface area contributed by atoms with Gasteiger partial charge in [-0.3, -0.25) is 0 Å². The van der Waals surface area contributed by atoms with Gasteiger partial charge in [0.2, 0.25) is 0 Å². The van der Waals surface area contributed by atoms with E-state index in [1.165, 1.54) is 6.92 Å².